The lowest BCUT2D eigenvalue weighted by Gasteiger charge is -2.43. The summed E-state index contributed by atoms with van der Waals surface area (Å²) in [7, 11) is 0. The number of thiazole rings is 1. The number of amides is 3. The Morgan fingerprint density at radius 3 is 2.50 bits per heavy atom. The highest BCUT2D eigenvalue weighted by atomic mass is 79.9. The lowest BCUT2D eigenvalue weighted by Crippen LogP contribution is -2.42. The third-order valence-corrected chi connectivity index (χ3v) is 13.6. The summed E-state index contributed by atoms with van der Waals surface area (Å²) in [6, 6.07) is 28.7. The zero-order chi connectivity index (χ0) is 32.7. The second kappa shape index (κ2) is 11.5. The van der Waals surface area contributed by atoms with E-state index in [1.807, 2.05) is 91.0 Å². The molecule has 0 spiro atoms. The van der Waals surface area contributed by atoms with E-state index in [2.05, 4.69) is 26.2 Å². The second-order valence-corrected chi connectivity index (χ2v) is 16.0. The molecule has 7 atom stereocenters. The van der Waals surface area contributed by atoms with E-state index in [9.17, 15) is 19.2 Å². The quantitative estimate of drug-likeness (QED) is 0.181. The van der Waals surface area contributed by atoms with Gasteiger partial charge in [-0.15, -0.1) is 11.8 Å². The van der Waals surface area contributed by atoms with Gasteiger partial charge in [-0.25, -0.2) is 0 Å². The molecule has 8 nitrogen and oxygen atoms in total. The van der Waals surface area contributed by atoms with Gasteiger partial charge < -0.3 is 15.0 Å². The number of hydrogen-bond acceptors (Lipinski definition) is 7. The Kier molecular flexibility index (Phi) is 7.14. The van der Waals surface area contributed by atoms with Gasteiger partial charge in [0, 0.05) is 31.6 Å². The fourth-order valence-electron chi connectivity index (χ4n) is 8.70. The van der Waals surface area contributed by atoms with Crippen LogP contribution in [-0.4, -0.2) is 34.6 Å². The zero-order valence-corrected chi connectivity index (χ0v) is 28.5. The SMILES string of the molecule is O=C(COc1cccc([C@H]2c3sc(=O)[nH]c3SC3C4CC(C5C(=O)N(c6ccc(Br)cc6)C(=O)C45)C32)c1)Nc1cccc2ccccc12. The van der Waals surface area contributed by atoms with E-state index >= 15 is 0 Å². The van der Waals surface area contributed by atoms with Crippen LogP contribution in [0.3, 0.4) is 0 Å². The largest absolute Gasteiger partial charge is 0.484 e. The molecule has 2 saturated carbocycles. The first-order valence-electron chi connectivity index (χ1n) is 15.9. The van der Waals surface area contributed by atoms with Gasteiger partial charge in [0.1, 0.15) is 5.75 Å². The predicted molar refractivity (Wildman–Crippen MR) is 190 cm³/mol. The number of thioether (sulfide) groups is 1. The summed E-state index contributed by atoms with van der Waals surface area (Å²) in [6.07, 6.45) is 0.809. The Bertz CT molecular complexity index is 2190. The Hall–Kier alpha value is -4.19. The van der Waals surface area contributed by atoms with Crippen molar-refractivity contribution < 1.29 is 19.1 Å². The number of nitrogens with one attached hydrogen (secondary N) is 2. The predicted octanol–water partition coefficient (Wildman–Crippen LogP) is 7.05. The molecule has 240 valence electrons. The number of carbonyl (C=O) groups excluding carboxylic acids is 3. The van der Waals surface area contributed by atoms with Crippen molar-refractivity contribution in [2.45, 2.75) is 22.6 Å². The first-order valence-corrected chi connectivity index (χ1v) is 18.4. The van der Waals surface area contributed by atoms with Crippen molar-refractivity contribution in [2.24, 2.45) is 29.6 Å². The molecule has 2 aliphatic heterocycles. The van der Waals surface area contributed by atoms with Gasteiger partial charge in [0.25, 0.3) is 5.91 Å². The average Bonchev–Trinajstić information content (AvgIpc) is 3.83. The minimum absolute atomic E-state index is 0.000739. The fraction of sp³-hybridized carbons (Fsp3) is 0.243. The molecule has 3 heterocycles. The van der Waals surface area contributed by atoms with Crippen molar-refractivity contribution in [2.75, 3.05) is 16.8 Å². The molecule has 11 heteroatoms. The molecule has 0 radical (unpaired) electrons. The summed E-state index contributed by atoms with van der Waals surface area (Å²) in [5, 5.41) is 5.90. The number of hydrogen-bond donors (Lipinski definition) is 2. The van der Waals surface area contributed by atoms with Crippen molar-refractivity contribution in [1.29, 1.82) is 0 Å². The summed E-state index contributed by atoms with van der Waals surface area (Å²) in [5.74, 6) is -0.751. The molecule has 48 heavy (non-hydrogen) atoms. The van der Waals surface area contributed by atoms with Crippen LogP contribution in [-0.2, 0) is 14.4 Å². The van der Waals surface area contributed by atoms with Crippen LogP contribution >= 0.6 is 39.0 Å². The zero-order valence-electron chi connectivity index (χ0n) is 25.3. The van der Waals surface area contributed by atoms with Gasteiger partial charge >= 0.3 is 4.87 Å². The maximum Gasteiger partial charge on any atom is 0.305 e. The Morgan fingerprint density at radius 2 is 1.67 bits per heavy atom. The molecule has 3 amide bonds. The molecule has 4 aromatic carbocycles. The number of aromatic amines is 1. The van der Waals surface area contributed by atoms with Crippen LogP contribution in [0.5, 0.6) is 5.75 Å². The number of halogens is 1. The van der Waals surface area contributed by atoms with Crippen molar-refractivity contribution in [3.8, 4) is 5.75 Å². The molecule has 2 bridgehead atoms. The van der Waals surface area contributed by atoms with Crippen LogP contribution in [0.25, 0.3) is 10.8 Å². The van der Waals surface area contributed by atoms with Crippen LogP contribution in [0.4, 0.5) is 11.4 Å². The van der Waals surface area contributed by atoms with Gasteiger partial charge in [0.05, 0.1) is 22.5 Å². The maximum atomic E-state index is 14.0. The first kappa shape index (κ1) is 29.9. The molecule has 4 aliphatic rings. The molecular formula is C37H28BrN3O5S2. The molecule has 9 rings (SSSR count). The second-order valence-electron chi connectivity index (χ2n) is 12.9. The summed E-state index contributed by atoms with van der Waals surface area (Å²) in [6.45, 7) is -0.168. The fourth-order valence-corrected chi connectivity index (χ4v) is 11.9. The van der Waals surface area contributed by atoms with E-state index in [1.54, 1.807) is 11.8 Å². The highest BCUT2D eigenvalue weighted by molar-refractivity contribution is 9.10. The number of rotatable bonds is 6. The van der Waals surface area contributed by atoms with Crippen LogP contribution in [0, 0.1) is 29.6 Å². The molecular weight excluding hydrogens is 710 g/mol. The molecule has 2 aliphatic carbocycles. The van der Waals surface area contributed by atoms with Gasteiger partial charge in [-0.05, 0) is 77.6 Å². The normalized spacial score (nSPS) is 26.8. The molecule has 3 fully saturated rings. The van der Waals surface area contributed by atoms with Crippen LogP contribution in [0.1, 0.15) is 22.8 Å². The number of imide groups is 1. The van der Waals surface area contributed by atoms with E-state index in [-0.39, 0.29) is 70.0 Å². The molecule has 1 saturated heterocycles. The smallest absolute Gasteiger partial charge is 0.305 e. The minimum Gasteiger partial charge on any atom is -0.484 e. The summed E-state index contributed by atoms with van der Waals surface area (Å²) in [5.41, 5.74) is 2.30. The summed E-state index contributed by atoms with van der Waals surface area (Å²) >= 11 is 6.33. The highest BCUT2D eigenvalue weighted by Crippen LogP contribution is 2.68. The van der Waals surface area contributed by atoms with Crippen molar-refractivity contribution >= 4 is 78.9 Å². The van der Waals surface area contributed by atoms with Crippen molar-refractivity contribution in [1.82, 2.24) is 4.98 Å². The number of fused-ring (bicyclic) bond motifs is 10. The number of ether oxygens (including phenoxy) is 1. The van der Waals surface area contributed by atoms with Crippen molar-refractivity contribution in [3.05, 3.63) is 116 Å². The monoisotopic (exact) mass is 737 g/mol. The van der Waals surface area contributed by atoms with E-state index in [4.69, 9.17) is 4.74 Å². The molecule has 6 unspecified atom stereocenters. The third-order valence-electron chi connectivity index (χ3n) is 10.5. The maximum absolute atomic E-state index is 14.0. The average molecular weight is 739 g/mol. The van der Waals surface area contributed by atoms with E-state index in [0.717, 1.165) is 42.8 Å². The standard InChI is InChI=1S/C37H28BrN3O5S2/c38-20-11-13-21(14-12-20)41-35(43)30-24-16-25(31(30)36(41)44)32-29(24)28(33-34(47-32)40-37(45)48-33)19-7-3-8-22(15-19)46-17-27(42)39-26-10-4-6-18-5-1-2-9-23(18)26/h1-15,24-25,28-32H,16-17H2,(H,39,42)(H,40,45)/t24?,25?,28-,29?,30?,31?,32?/m1/s1. The van der Waals surface area contributed by atoms with Crippen molar-refractivity contribution in [3.63, 3.8) is 0 Å². The first-order chi connectivity index (χ1) is 23.4. The number of nitrogens with zero attached hydrogens (tertiary/aromatic N) is 1. The van der Waals surface area contributed by atoms with E-state index in [1.165, 1.54) is 16.2 Å². The molecule has 1 aromatic heterocycles. The third kappa shape index (κ3) is 4.69. The number of H-pyrrole nitrogens is 1. The Morgan fingerprint density at radius 1 is 0.917 bits per heavy atom. The van der Waals surface area contributed by atoms with Crippen LogP contribution < -0.4 is 19.8 Å². The Balaban J connectivity index is 0.999. The van der Waals surface area contributed by atoms with Gasteiger partial charge in [-0.2, -0.15) is 0 Å². The number of aromatic nitrogens is 1. The van der Waals surface area contributed by atoms with Crippen LogP contribution in [0.2, 0.25) is 0 Å². The lowest BCUT2D eigenvalue weighted by atomic mass is 9.68. The van der Waals surface area contributed by atoms with Crippen LogP contribution in [0.15, 0.2) is 105 Å². The Labute approximate surface area is 292 Å². The number of carbonyl (C=O) groups is 3. The van der Waals surface area contributed by atoms with Gasteiger partial charge in [0.15, 0.2) is 6.61 Å². The van der Waals surface area contributed by atoms with E-state index in [0.29, 0.717) is 11.4 Å². The molecule has 2 N–H and O–H groups in total. The van der Waals surface area contributed by atoms with E-state index < -0.39 is 0 Å². The van der Waals surface area contributed by atoms with Gasteiger partial charge in [-0.3, -0.25) is 24.1 Å². The molecule has 5 aromatic rings. The summed E-state index contributed by atoms with van der Waals surface area (Å²) in [4.78, 5) is 58.9. The number of benzene rings is 4. The number of anilines is 2. The minimum atomic E-state index is -0.384. The highest BCUT2D eigenvalue weighted by Gasteiger charge is 2.69. The van der Waals surface area contributed by atoms with Gasteiger partial charge in [-0.1, -0.05) is 75.8 Å². The lowest BCUT2D eigenvalue weighted by molar-refractivity contribution is -0.123. The van der Waals surface area contributed by atoms with Gasteiger partial charge in [0.2, 0.25) is 11.8 Å². The topological polar surface area (TPSA) is 109 Å². The summed E-state index contributed by atoms with van der Waals surface area (Å²) < 4.78 is 6.91.